The fraction of sp³-hybridized carbons (Fsp3) is 0.583. The second kappa shape index (κ2) is 8.15. The highest BCUT2D eigenvalue weighted by atomic mass is 79.9. The lowest BCUT2D eigenvalue weighted by molar-refractivity contribution is -0.123. The maximum Gasteiger partial charge on any atom is 0.237 e. The van der Waals surface area contributed by atoms with Gasteiger partial charge in [0.25, 0.3) is 0 Å². The molecule has 2 rings (SSSR count). The van der Waals surface area contributed by atoms with Crippen molar-refractivity contribution in [3.05, 3.63) is 20.8 Å². The fourth-order valence-electron chi connectivity index (χ4n) is 1.99. The first kappa shape index (κ1) is 16.0. The molecule has 0 aromatic carbocycles. The van der Waals surface area contributed by atoms with E-state index in [-0.39, 0.29) is 24.4 Å². The summed E-state index contributed by atoms with van der Waals surface area (Å²) in [5, 5.41) is 6.25. The Hall–Kier alpha value is -0.100. The van der Waals surface area contributed by atoms with Crippen LogP contribution in [0.2, 0.25) is 0 Å². The molecule has 1 aromatic heterocycles. The summed E-state index contributed by atoms with van der Waals surface area (Å²) in [6, 6.07) is 4.17. The van der Waals surface area contributed by atoms with Crippen LogP contribution in [0.5, 0.6) is 0 Å². The zero-order valence-corrected chi connectivity index (χ0v) is 13.3. The van der Waals surface area contributed by atoms with Gasteiger partial charge in [0.15, 0.2) is 0 Å². The van der Waals surface area contributed by atoms with Gasteiger partial charge in [-0.15, -0.1) is 23.7 Å². The summed E-state index contributed by atoms with van der Waals surface area (Å²) >= 11 is 5.16. The number of amides is 1. The van der Waals surface area contributed by atoms with Crippen LogP contribution in [0, 0.1) is 0 Å². The number of nitrogens with one attached hydrogen (secondary N) is 2. The van der Waals surface area contributed by atoms with Crippen LogP contribution in [0.4, 0.5) is 0 Å². The Labute approximate surface area is 126 Å². The monoisotopic (exact) mass is 352 g/mol. The van der Waals surface area contributed by atoms with Crippen LogP contribution in [0.1, 0.15) is 24.1 Å². The summed E-state index contributed by atoms with van der Waals surface area (Å²) in [6.07, 6.45) is 4.22. The first-order chi connectivity index (χ1) is 8.25. The van der Waals surface area contributed by atoms with Crippen molar-refractivity contribution in [3.63, 3.8) is 0 Å². The number of thiophene rings is 1. The van der Waals surface area contributed by atoms with Gasteiger partial charge >= 0.3 is 0 Å². The minimum atomic E-state index is 0. The molecule has 3 nitrogen and oxygen atoms in total. The molecule has 1 amide bonds. The number of piperidine rings is 1. The molecule has 1 fully saturated rings. The molecule has 102 valence electrons. The van der Waals surface area contributed by atoms with Crippen molar-refractivity contribution in [3.8, 4) is 0 Å². The largest absolute Gasteiger partial charge is 0.354 e. The van der Waals surface area contributed by atoms with Gasteiger partial charge in [0.1, 0.15) is 0 Å². The average Bonchev–Trinajstić information content (AvgIpc) is 2.76. The number of rotatable bonds is 4. The predicted molar refractivity (Wildman–Crippen MR) is 81.6 cm³/mol. The molecule has 1 atom stereocenters. The van der Waals surface area contributed by atoms with E-state index in [4.69, 9.17) is 0 Å². The molecule has 1 aliphatic rings. The van der Waals surface area contributed by atoms with Crippen LogP contribution < -0.4 is 10.6 Å². The molecule has 0 radical (unpaired) electrons. The molecule has 0 aliphatic carbocycles. The molecule has 0 saturated carbocycles. The molecule has 18 heavy (non-hydrogen) atoms. The molecular formula is C12H18BrClN2OS. The quantitative estimate of drug-likeness (QED) is 0.874. The Morgan fingerprint density at radius 1 is 1.50 bits per heavy atom. The lowest BCUT2D eigenvalue weighted by atomic mass is 10.0. The van der Waals surface area contributed by atoms with E-state index in [1.807, 2.05) is 6.07 Å². The van der Waals surface area contributed by atoms with Crippen molar-refractivity contribution in [2.45, 2.75) is 31.7 Å². The van der Waals surface area contributed by atoms with E-state index in [9.17, 15) is 4.79 Å². The van der Waals surface area contributed by atoms with Crippen LogP contribution in [-0.2, 0) is 11.2 Å². The molecule has 6 heteroatoms. The third kappa shape index (κ3) is 4.88. The van der Waals surface area contributed by atoms with Crippen molar-refractivity contribution in [2.75, 3.05) is 13.1 Å². The Kier molecular flexibility index (Phi) is 7.22. The van der Waals surface area contributed by atoms with Crippen molar-refractivity contribution in [1.29, 1.82) is 0 Å². The Morgan fingerprint density at radius 2 is 2.33 bits per heavy atom. The van der Waals surface area contributed by atoms with E-state index in [0.29, 0.717) is 0 Å². The number of hydrogen-bond acceptors (Lipinski definition) is 3. The molecule has 1 aliphatic heterocycles. The average molecular weight is 354 g/mol. The molecular weight excluding hydrogens is 336 g/mol. The van der Waals surface area contributed by atoms with Crippen molar-refractivity contribution >= 4 is 45.6 Å². The highest BCUT2D eigenvalue weighted by Gasteiger charge is 2.19. The second-order valence-electron chi connectivity index (χ2n) is 4.25. The zero-order valence-electron chi connectivity index (χ0n) is 10.1. The van der Waals surface area contributed by atoms with Crippen molar-refractivity contribution in [1.82, 2.24) is 10.6 Å². The van der Waals surface area contributed by atoms with Crippen LogP contribution in [0.3, 0.4) is 0 Å². The molecule has 1 unspecified atom stereocenters. The zero-order chi connectivity index (χ0) is 12.1. The highest BCUT2D eigenvalue weighted by molar-refractivity contribution is 9.11. The van der Waals surface area contributed by atoms with Gasteiger partial charge in [-0.1, -0.05) is 6.42 Å². The van der Waals surface area contributed by atoms with Gasteiger partial charge in [-0.2, -0.15) is 0 Å². The van der Waals surface area contributed by atoms with Crippen LogP contribution in [0.15, 0.2) is 15.9 Å². The molecule has 0 bridgehead atoms. The minimum Gasteiger partial charge on any atom is -0.354 e. The summed E-state index contributed by atoms with van der Waals surface area (Å²) in [4.78, 5) is 13.1. The standard InChI is InChI=1S/C12H17BrN2OS.ClH/c13-11-5-4-9(17-11)6-8-15-12(16)10-3-1-2-7-14-10;/h4-5,10,14H,1-3,6-8H2,(H,15,16);1H. The highest BCUT2D eigenvalue weighted by Crippen LogP contribution is 2.22. The predicted octanol–water partition coefficient (Wildman–Crippen LogP) is 2.73. The number of carbonyl (C=O) groups is 1. The van der Waals surface area contributed by atoms with Crippen molar-refractivity contribution < 1.29 is 4.79 Å². The van der Waals surface area contributed by atoms with Crippen LogP contribution >= 0.6 is 39.7 Å². The topological polar surface area (TPSA) is 41.1 Å². The van der Waals surface area contributed by atoms with Gasteiger partial charge < -0.3 is 10.6 Å². The van der Waals surface area contributed by atoms with E-state index in [2.05, 4.69) is 32.6 Å². The minimum absolute atomic E-state index is 0. The van der Waals surface area contributed by atoms with Crippen molar-refractivity contribution in [2.24, 2.45) is 0 Å². The first-order valence-corrected chi connectivity index (χ1v) is 7.62. The van der Waals surface area contributed by atoms with Crippen LogP contribution in [-0.4, -0.2) is 25.0 Å². The second-order valence-corrected chi connectivity index (χ2v) is 6.80. The maximum atomic E-state index is 11.8. The van der Waals surface area contributed by atoms with E-state index in [0.717, 1.165) is 36.1 Å². The fourth-order valence-corrected chi connectivity index (χ4v) is 3.48. The first-order valence-electron chi connectivity index (χ1n) is 6.01. The lowest BCUT2D eigenvalue weighted by Gasteiger charge is -2.22. The molecule has 1 saturated heterocycles. The molecule has 2 heterocycles. The molecule has 1 aromatic rings. The summed E-state index contributed by atoms with van der Waals surface area (Å²) < 4.78 is 1.15. The third-order valence-corrected chi connectivity index (χ3v) is 4.61. The Morgan fingerprint density at radius 3 is 2.94 bits per heavy atom. The molecule has 2 N–H and O–H groups in total. The maximum absolute atomic E-state index is 11.8. The third-order valence-electron chi connectivity index (χ3n) is 2.93. The summed E-state index contributed by atoms with van der Waals surface area (Å²) in [5.74, 6) is 0.153. The number of halogens is 2. The van der Waals surface area contributed by atoms with Gasteiger partial charge in [-0.3, -0.25) is 4.79 Å². The van der Waals surface area contributed by atoms with Gasteiger partial charge in [-0.05, 0) is 53.9 Å². The number of carbonyl (C=O) groups excluding carboxylic acids is 1. The smallest absolute Gasteiger partial charge is 0.237 e. The van der Waals surface area contributed by atoms with E-state index in [1.165, 1.54) is 11.3 Å². The van der Waals surface area contributed by atoms with Gasteiger partial charge in [0.05, 0.1) is 9.83 Å². The van der Waals surface area contributed by atoms with E-state index in [1.54, 1.807) is 11.3 Å². The van der Waals surface area contributed by atoms with E-state index >= 15 is 0 Å². The lowest BCUT2D eigenvalue weighted by Crippen LogP contribution is -2.47. The summed E-state index contributed by atoms with van der Waals surface area (Å²) in [6.45, 7) is 1.69. The molecule has 0 spiro atoms. The Balaban J connectivity index is 0.00000162. The van der Waals surface area contributed by atoms with Crippen LogP contribution in [0.25, 0.3) is 0 Å². The van der Waals surface area contributed by atoms with E-state index < -0.39 is 0 Å². The summed E-state index contributed by atoms with van der Waals surface area (Å²) in [7, 11) is 0. The van der Waals surface area contributed by atoms with Gasteiger partial charge in [0, 0.05) is 11.4 Å². The summed E-state index contributed by atoms with van der Waals surface area (Å²) in [5.41, 5.74) is 0. The normalized spacial score (nSPS) is 19.1. The number of hydrogen-bond donors (Lipinski definition) is 2. The SMILES string of the molecule is Cl.O=C(NCCc1ccc(Br)s1)C1CCCCN1. The van der Waals surface area contributed by atoms with Gasteiger partial charge in [-0.25, -0.2) is 0 Å². The Bertz CT molecular complexity index is 380. The van der Waals surface area contributed by atoms with Gasteiger partial charge in [0.2, 0.25) is 5.91 Å².